The molecule has 174 valence electrons. The highest BCUT2D eigenvalue weighted by Gasteiger charge is 2.28. The summed E-state index contributed by atoms with van der Waals surface area (Å²) in [6, 6.07) is 12.2. The third kappa shape index (κ3) is 5.57. The number of hydrogen-bond acceptors (Lipinski definition) is 7. The number of piperazine rings is 1. The molecule has 0 saturated carbocycles. The normalized spacial score (nSPS) is 15.5. The van der Waals surface area contributed by atoms with E-state index < -0.39 is 26.0 Å². The number of para-hydroxylation sites is 2. The molecule has 32 heavy (non-hydrogen) atoms. The van der Waals surface area contributed by atoms with Crippen LogP contribution in [-0.4, -0.2) is 77.8 Å². The number of anilines is 1. The van der Waals surface area contributed by atoms with Gasteiger partial charge in [-0.15, -0.1) is 0 Å². The fourth-order valence-corrected chi connectivity index (χ4v) is 5.89. The van der Waals surface area contributed by atoms with Gasteiger partial charge in [0.1, 0.15) is 5.75 Å². The van der Waals surface area contributed by atoms with Crippen LogP contribution in [0.4, 0.5) is 5.69 Å². The highest BCUT2D eigenvalue weighted by atomic mass is 32.2. The summed E-state index contributed by atoms with van der Waals surface area (Å²) in [4.78, 5) is 12.8. The minimum Gasteiger partial charge on any atom is -0.495 e. The van der Waals surface area contributed by atoms with Crippen molar-refractivity contribution in [3.63, 3.8) is 0 Å². The highest BCUT2D eigenvalue weighted by Crippen LogP contribution is 2.28. The van der Waals surface area contributed by atoms with Gasteiger partial charge >= 0.3 is 5.97 Å². The summed E-state index contributed by atoms with van der Waals surface area (Å²) in [6.07, 6.45) is 0. The van der Waals surface area contributed by atoms with Crippen molar-refractivity contribution in [1.29, 1.82) is 0 Å². The van der Waals surface area contributed by atoms with Crippen LogP contribution in [-0.2, 0) is 20.0 Å². The molecule has 3 rings (SSSR count). The molecular formula is C20H25N3O7S2. The first-order valence-corrected chi connectivity index (χ1v) is 12.9. The Balaban J connectivity index is 1.55. The lowest BCUT2D eigenvalue weighted by Gasteiger charge is -2.35. The van der Waals surface area contributed by atoms with E-state index in [1.807, 2.05) is 29.2 Å². The number of nitrogens with zero attached hydrogens (tertiary/aromatic N) is 2. The van der Waals surface area contributed by atoms with Gasteiger partial charge in [0.25, 0.3) is 0 Å². The van der Waals surface area contributed by atoms with Gasteiger partial charge in [-0.05, 0) is 36.4 Å². The topological polar surface area (TPSA) is 133 Å². The summed E-state index contributed by atoms with van der Waals surface area (Å²) in [7, 11) is -6.03. The molecule has 0 atom stereocenters. The second-order valence-corrected chi connectivity index (χ2v) is 11.0. The van der Waals surface area contributed by atoms with E-state index in [1.165, 1.54) is 16.4 Å². The van der Waals surface area contributed by atoms with Crippen molar-refractivity contribution in [3.8, 4) is 5.75 Å². The minimum absolute atomic E-state index is 0.0428. The average Bonchev–Trinajstić information content (AvgIpc) is 2.79. The highest BCUT2D eigenvalue weighted by molar-refractivity contribution is 7.90. The second-order valence-electron chi connectivity index (χ2n) is 7.10. The van der Waals surface area contributed by atoms with E-state index >= 15 is 0 Å². The number of nitrogens with one attached hydrogen (secondary N) is 1. The zero-order chi connectivity index (χ0) is 23.4. The zero-order valence-electron chi connectivity index (χ0n) is 17.5. The van der Waals surface area contributed by atoms with Crippen molar-refractivity contribution < 1.29 is 31.5 Å². The third-order valence-electron chi connectivity index (χ3n) is 5.12. The maximum Gasteiger partial charge on any atom is 0.335 e. The van der Waals surface area contributed by atoms with Crippen LogP contribution in [0.3, 0.4) is 0 Å². The Bertz CT molecular complexity index is 1160. The van der Waals surface area contributed by atoms with Crippen molar-refractivity contribution in [3.05, 3.63) is 54.1 Å². The summed E-state index contributed by atoms with van der Waals surface area (Å²) in [6.45, 7) is 1.24. The molecule has 0 aromatic heterocycles. The molecule has 10 nitrogen and oxygen atoms in total. The maximum atomic E-state index is 12.7. The predicted octanol–water partition coefficient (Wildman–Crippen LogP) is 0.824. The quantitative estimate of drug-likeness (QED) is 0.536. The molecular weight excluding hydrogens is 458 g/mol. The van der Waals surface area contributed by atoms with Crippen LogP contribution in [0.1, 0.15) is 10.4 Å². The van der Waals surface area contributed by atoms with Crippen LogP contribution in [0.5, 0.6) is 5.75 Å². The molecule has 0 amide bonds. The van der Waals surface area contributed by atoms with Crippen LogP contribution in [0.15, 0.2) is 53.4 Å². The molecule has 2 N–H and O–H groups in total. The first-order chi connectivity index (χ1) is 15.1. The standard InChI is InChI=1S/C20H25N3O7S2/c1-30-19-5-3-2-4-18(19)22-11-13-23(14-12-22)31(26,27)15-10-21-32(28,29)17-8-6-16(7-9-17)20(24)25/h2-9,21H,10-15H2,1H3,(H,24,25). The van der Waals surface area contributed by atoms with Gasteiger partial charge in [-0.25, -0.2) is 26.4 Å². The van der Waals surface area contributed by atoms with Crippen molar-refractivity contribution in [2.45, 2.75) is 4.90 Å². The van der Waals surface area contributed by atoms with Crippen LogP contribution in [0, 0.1) is 0 Å². The van der Waals surface area contributed by atoms with Gasteiger partial charge < -0.3 is 14.7 Å². The maximum absolute atomic E-state index is 12.7. The summed E-state index contributed by atoms with van der Waals surface area (Å²) < 4.78 is 59.0. The van der Waals surface area contributed by atoms with Crippen LogP contribution < -0.4 is 14.4 Å². The van der Waals surface area contributed by atoms with Crippen molar-refractivity contribution in [2.75, 3.05) is 50.5 Å². The number of carbonyl (C=O) groups is 1. The molecule has 1 saturated heterocycles. The number of sulfonamides is 2. The molecule has 12 heteroatoms. The Hall–Kier alpha value is -2.67. The molecule has 1 heterocycles. The SMILES string of the molecule is COc1ccccc1N1CCN(S(=O)(=O)CCNS(=O)(=O)c2ccc(C(=O)O)cc2)CC1. The molecule has 0 spiro atoms. The second kappa shape index (κ2) is 9.86. The van der Waals surface area contributed by atoms with Gasteiger partial charge in [-0.1, -0.05) is 12.1 Å². The number of methoxy groups -OCH3 is 1. The number of rotatable bonds is 9. The Morgan fingerprint density at radius 1 is 1.00 bits per heavy atom. The lowest BCUT2D eigenvalue weighted by Crippen LogP contribution is -2.50. The molecule has 2 aromatic carbocycles. The van der Waals surface area contributed by atoms with E-state index in [0.717, 1.165) is 23.6 Å². The first kappa shape index (κ1) is 24.0. The molecule has 0 radical (unpaired) electrons. The molecule has 1 aliphatic heterocycles. The first-order valence-electron chi connectivity index (χ1n) is 9.83. The van der Waals surface area contributed by atoms with Gasteiger partial charge in [-0.3, -0.25) is 0 Å². The summed E-state index contributed by atoms with van der Waals surface area (Å²) in [5.41, 5.74) is 0.854. The number of carboxylic acids is 1. The number of aromatic carboxylic acids is 1. The molecule has 1 fully saturated rings. The molecule has 0 bridgehead atoms. The Kier molecular flexibility index (Phi) is 7.39. The Morgan fingerprint density at radius 2 is 1.62 bits per heavy atom. The summed E-state index contributed by atoms with van der Waals surface area (Å²) >= 11 is 0. The number of benzene rings is 2. The average molecular weight is 484 g/mol. The summed E-state index contributed by atoms with van der Waals surface area (Å²) in [5, 5.41) is 8.89. The largest absolute Gasteiger partial charge is 0.495 e. The Labute approximate surface area is 187 Å². The van der Waals surface area contributed by atoms with Crippen molar-refractivity contribution in [1.82, 2.24) is 9.03 Å². The lowest BCUT2D eigenvalue weighted by molar-refractivity contribution is 0.0696. The van der Waals surface area contributed by atoms with Gasteiger partial charge in [-0.2, -0.15) is 4.31 Å². The molecule has 0 unspecified atom stereocenters. The fourth-order valence-electron chi connectivity index (χ4n) is 3.39. The third-order valence-corrected chi connectivity index (χ3v) is 8.47. The van der Waals surface area contributed by atoms with Gasteiger partial charge in [0, 0.05) is 32.7 Å². The van der Waals surface area contributed by atoms with Crippen LogP contribution in [0.2, 0.25) is 0 Å². The molecule has 2 aromatic rings. The smallest absolute Gasteiger partial charge is 0.335 e. The van der Waals surface area contributed by atoms with Crippen molar-refractivity contribution in [2.24, 2.45) is 0 Å². The van der Waals surface area contributed by atoms with E-state index in [0.29, 0.717) is 13.1 Å². The minimum atomic E-state index is -3.96. The molecule has 0 aliphatic carbocycles. The zero-order valence-corrected chi connectivity index (χ0v) is 19.1. The van der Waals surface area contributed by atoms with E-state index in [9.17, 15) is 21.6 Å². The van der Waals surface area contributed by atoms with Gasteiger partial charge in [0.2, 0.25) is 20.0 Å². The van der Waals surface area contributed by atoms with Crippen LogP contribution >= 0.6 is 0 Å². The van der Waals surface area contributed by atoms with E-state index in [-0.39, 0.29) is 35.8 Å². The van der Waals surface area contributed by atoms with E-state index in [4.69, 9.17) is 9.84 Å². The van der Waals surface area contributed by atoms with Crippen molar-refractivity contribution >= 4 is 31.7 Å². The van der Waals surface area contributed by atoms with E-state index in [1.54, 1.807) is 7.11 Å². The fraction of sp³-hybridized carbons (Fsp3) is 0.350. The number of ether oxygens (including phenoxy) is 1. The predicted molar refractivity (Wildman–Crippen MR) is 119 cm³/mol. The van der Waals surface area contributed by atoms with Crippen LogP contribution in [0.25, 0.3) is 0 Å². The van der Waals surface area contributed by atoms with E-state index in [2.05, 4.69) is 4.72 Å². The lowest BCUT2D eigenvalue weighted by atomic mass is 10.2. The Morgan fingerprint density at radius 3 is 2.22 bits per heavy atom. The summed E-state index contributed by atoms with van der Waals surface area (Å²) in [5.74, 6) is -0.831. The number of carboxylic acid groups (broad SMARTS) is 1. The van der Waals surface area contributed by atoms with Gasteiger partial charge in [0.05, 0.1) is 29.0 Å². The molecule has 1 aliphatic rings. The monoisotopic (exact) mass is 483 g/mol. The van der Waals surface area contributed by atoms with Gasteiger partial charge in [0.15, 0.2) is 0 Å². The number of hydrogen-bond donors (Lipinski definition) is 2.